The van der Waals surface area contributed by atoms with Gasteiger partial charge in [-0.1, -0.05) is 66.0 Å². The second-order valence-corrected chi connectivity index (χ2v) is 12.5. The molecule has 0 N–H and O–H groups in total. The minimum Gasteiger partial charge on any atom is -0.300 e. The quantitative estimate of drug-likeness (QED) is 0.431. The van der Waals surface area contributed by atoms with Gasteiger partial charge in [0.25, 0.3) is 0 Å². The molecule has 0 aromatic rings. The molecule has 0 saturated heterocycles. The minimum atomic E-state index is 0.399. The van der Waals surface area contributed by atoms with E-state index in [1.54, 1.807) is 0 Å². The molecule has 0 aliphatic heterocycles. The zero-order chi connectivity index (χ0) is 21.0. The highest BCUT2D eigenvalue weighted by Gasteiger charge is 2.58. The molecule has 0 bridgehead atoms. The Morgan fingerprint density at radius 3 is 2.41 bits per heavy atom. The van der Waals surface area contributed by atoms with Crippen molar-refractivity contribution in [2.75, 3.05) is 0 Å². The second kappa shape index (κ2) is 7.83. The summed E-state index contributed by atoms with van der Waals surface area (Å²) in [6, 6.07) is 0. The van der Waals surface area contributed by atoms with E-state index in [1.165, 1.54) is 44.9 Å². The largest absolute Gasteiger partial charge is 0.300 e. The Morgan fingerprint density at radius 2 is 1.69 bits per heavy atom. The van der Waals surface area contributed by atoms with Crippen molar-refractivity contribution in [1.82, 2.24) is 0 Å². The normalized spacial score (nSPS) is 44.0. The van der Waals surface area contributed by atoms with Crippen LogP contribution < -0.4 is 0 Å². The molecule has 164 valence electrons. The SMILES string of the molecule is CC(C)[C@@H](C)CC[C@@H](C)[C@H]1CC[C@H]2C3=CCC4CC(=O)CC[C@]4(C)[C@H]3CC[C@]12C. The number of carbonyl (C=O) groups is 1. The Hall–Kier alpha value is -0.590. The van der Waals surface area contributed by atoms with Gasteiger partial charge in [-0.2, -0.15) is 0 Å². The summed E-state index contributed by atoms with van der Waals surface area (Å²) in [4.78, 5) is 12.1. The maximum atomic E-state index is 12.1. The first kappa shape index (κ1) is 21.6. The first-order chi connectivity index (χ1) is 13.7. The Kier molecular flexibility index (Phi) is 5.84. The van der Waals surface area contributed by atoms with E-state index in [0.717, 1.165) is 54.8 Å². The maximum absolute atomic E-state index is 12.1. The average molecular weight is 399 g/mol. The summed E-state index contributed by atoms with van der Waals surface area (Å²) in [5, 5.41) is 0. The number of rotatable bonds is 5. The summed E-state index contributed by atoms with van der Waals surface area (Å²) in [6.07, 6.45) is 15.1. The lowest BCUT2D eigenvalue weighted by atomic mass is 9.47. The average Bonchev–Trinajstić information content (AvgIpc) is 3.03. The summed E-state index contributed by atoms with van der Waals surface area (Å²) in [7, 11) is 0. The first-order valence-corrected chi connectivity index (χ1v) is 12.9. The van der Waals surface area contributed by atoms with E-state index in [9.17, 15) is 4.79 Å². The Bertz CT molecular complexity index is 659. The fraction of sp³-hybridized carbons (Fsp3) is 0.893. The Labute approximate surface area is 180 Å². The smallest absolute Gasteiger partial charge is 0.133 e. The van der Waals surface area contributed by atoms with E-state index < -0.39 is 0 Å². The van der Waals surface area contributed by atoms with Gasteiger partial charge in [-0.25, -0.2) is 0 Å². The molecule has 3 saturated carbocycles. The van der Waals surface area contributed by atoms with Crippen LogP contribution in [0.3, 0.4) is 0 Å². The van der Waals surface area contributed by atoms with Crippen LogP contribution in [0.4, 0.5) is 0 Å². The van der Waals surface area contributed by atoms with Crippen molar-refractivity contribution in [2.24, 2.45) is 52.3 Å². The summed E-state index contributed by atoms with van der Waals surface area (Å²) in [5.41, 5.74) is 2.77. The fourth-order valence-corrected chi connectivity index (χ4v) is 8.34. The number of allylic oxidation sites excluding steroid dienone is 2. The van der Waals surface area contributed by atoms with Crippen LogP contribution in [0.2, 0.25) is 0 Å². The summed E-state index contributed by atoms with van der Waals surface area (Å²) in [5.74, 6) is 6.17. The molecule has 0 heterocycles. The summed E-state index contributed by atoms with van der Waals surface area (Å²) in [6.45, 7) is 15.0. The van der Waals surface area contributed by atoms with Crippen LogP contribution in [-0.2, 0) is 4.79 Å². The van der Waals surface area contributed by atoms with Crippen LogP contribution in [0.5, 0.6) is 0 Å². The van der Waals surface area contributed by atoms with Crippen molar-refractivity contribution < 1.29 is 4.79 Å². The van der Waals surface area contributed by atoms with Crippen molar-refractivity contribution in [3.8, 4) is 0 Å². The minimum absolute atomic E-state index is 0.399. The number of carbonyl (C=O) groups excluding carboxylic acids is 1. The predicted octanol–water partition coefficient (Wildman–Crippen LogP) is 7.84. The number of hydrogen-bond donors (Lipinski definition) is 0. The third-order valence-corrected chi connectivity index (χ3v) is 10.9. The van der Waals surface area contributed by atoms with Gasteiger partial charge in [0.1, 0.15) is 5.78 Å². The van der Waals surface area contributed by atoms with Gasteiger partial charge in [0.15, 0.2) is 0 Å². The molecule has 29 heavy (non-hydrogen) atoms. The molecule has 8 atom stereocenters. The lowest BCUT2D eigenvalue weighted by Crippen LogP contribution is -2.49. The van der Waals surface area contributed by atoms with Crippen molar-refractivity contribution in [2.45, 2.75) is 106 Å². The zero-order valence-electron chi connectivity index (χ0n) is 20.1. The van der Waals surface area contributed by atoms with Crippen molar-refractivity contribution in [3.05, 3.63) is 11.6 Å². The zero-order valence-corrected chi connectivity index (χ0v) is 20.1. The number of Topliss-reactive ketones (excluding diaryl/α,β-unsaturated/α-hetero) is 1. The molecule has 4 aliphatic rings. The third-order valence-electron chi connectivity index (χ3n) is 10.9. The molecule has 1 heteroatoms. The van der Waals surface area contributed by atoms with Gasteiger partial charge in [0.2, 0.25) is 0 Å². The fourth-order valence-electron chi connectivity index (χ4n) is 8.34. The first-order valence-electron chi connectivity index (χ1n) is 12.9. The van der Waals surface area contributed by atoms with Crippen LogP contribution in [0.25, 0.3) is 0 Å². The molecule has 4 aliphatic carbocycles. The molecular weight excluding hydrogens is 352 g/mol. The molecule has 1 unspecified atom stereocenters. The summed E-state index contributed by atoms with van der Waals surface area (Å²) >= 11 is 0. The van der Waals surface area contributed by atoms with Gasteiger partial charge < -0.3 is 0 Å². The number of hydrogen-bond acceptors (Lipinski definition) is 1. The topological polar surface area (TPSA) is 17.1 Å². The van der Waals surface area contributed by atoms with Crippen molar-refractivity contribution in [1.29, 1.82) is 0 Å². The van der Waals surface area contributed by atoms with E-state index in [-0.39, 0.29) is 0 Å². The number of ketones is 1. The standard InChI is InChI=1S/C28H46O/c1-18(2)19(3)7-8-20(4)24-11-12-25-23-10-9-21-17-22(29)13-15-27(21,5)26(23)14-16-28(24,25)6/h10,18-21,24-26H,7-9,11-17H2,1-6H3/t19-,20+,21?,24+,25-,26-,27-,28+/m0/s1. The Morgan fingerprint density at radius 1 is 0.966 bits per heavy atom. The van der Waals surface area contributed by atoms with Crippen LogP contribution in [0.1, 0.15) is 106 Å². The van der Waals surface area contributed by atoms with Gasteiger partial charge in [-0.3, -0.25) is 4.79 Å². The highest BCUT2D eigenvalue weighted by Crippen LogP contribution is 2.66. The molecule has 4 rings (SSSR count). The lowest BCUT2D eigenvalue weighted by molar-refractivity contribution is -0.127. The number of fused-ring (bicyclic) bond motifs is 5. The van der Waals surface area contributed by atoms with E-state index >= 15 is 0 Å². The molecule has 0 amide bonds. The molecule has 0 radical (unpaired) electrons. The van der Waals surface area contributed by atoms with Gasteiger partial charge in [-0.15, -0.1) is 0 Å². The lowest BCUT2D eigenvalue weighted by Gasteiger charge is -2.57. The van der Waals surface area contributed by atoms with Gasteiger partial charge in [0, 0.05) is 12.8 Å². The van der Waals surface area contributed by atoms with E-state index in [2.05, 4.69) is 47.6 Å². The highest BCUT2D eigenvalue weighted by molar-refractivity contribution is 5.79. The van der Waals surface area contributed by atoms with Crippen molar-refractivity contribution in [3.63, 3.8) is 0 Å². The van der Waals surface area contributed by atoms with Crippen LogP contribution >= 0.6 is 0 Å². The summed E-state index contributed by atoms with van der Waals surface area (Å²) < 4.78 is 0. The van der Waals surface area contributed by atoms with Crippen LogP contribution in [0, 0.1) is 52.3 Å². The third kappa shape index (κ3) is 3.57. The van der Waals surface area contributed by atoms with Crippen LogP contribution in [0.15, 0.2) is 11.6 Å². The second-order valence-electron chi connectivity index (χ2n) is 12.5. The maximum Gasteiger partial charge on any atom is 0.133 e. The van der Waals surface area contributed by atoms with Gasteiger partial charge in [0.05, 0.1) is 0 Å². The predicted molar refractivity (Wildman–Crippen MR) is 123 cm³/mol. The van der Waals surface area contributed by atoms with E-state index in [0.29, 0.717) is 22.5 Å². The molecule has 3 fully saturated rings. The monoisotopic (exact) mass is 398 g/mol. The Balaban J connectivity index is 1.50. The molecule has 0 aromatic carbocycles. The van der Waals surface area contributed by atoms with E-state index in [4.69, 9.17) is 0 Å². The van der Waals surface area contributed by atoms with E-state index in [1.807, 2.05) is 5.57 Å². The van der Waals surface area contributed by atoms with Crippen molar-refractivity contribution >= 4 is 5.78 Å². The molecule has 0 spiro atoms. The molecular formula is C28H46O. The molecule has 1 nitrogen and oxygen atoms in total. The van der Waals surface area contributed by atoms with Crippen LogP contribution in [-0.4, -0.2) is 5.78 Å². The van der Waals surface area contributed by atoms with Gasteiger partial charge >= 0.3 is 0 Å². The molecule has 0 aromatic heterocycles. The highest BCUT2D eigenvalue weighted by atomic mass is 16.1. The van der Waals surface area contributed by atoms with Gasteiger partial charge in [-0.05, 0) is 90.8 Å².